The van der Waals surface area contributed by atoms with Crippen molar-refractivity contribution in [2.45, 2.75) is 23.8 Å². The molecule has 0 saturated heterocycles. The van der Waals surface area contributed by atoms with Crippen LogP contribution in [0.5, 0.6) is 0 Å². The molecule has 0 aliphatic heterocycles. The molecule has 106 valence electrons. The van der Waals surface area contributed by atoms with E-state index in [4.69, 9.17) is 5.73 Å². The third-order valence-corrected chi connectivity index (χ3v) is 5.36. The molecule has 1 fully saturated rings. The number of nitrogens with one attached hydrogen (secondary N) is 1. The summed E-state index contributed by atoms with van der Waals surface area (Å²) in [6, 6.07) is 13.1. The van der Waals surface area contributed by atoms with Crippen LogP contribution in [-0.4, -0.2) is 21.0 Å². The zero-order valence-corrected chi connectivity index (χ0v) is 11.9. The lowest BCUT2D eigenvalue weighted by atomic mass is 9.81. The van der Waals surface area contributed by atoms with E-state index in [9.17, 15) is 8.42 Å². The van der Waals surface area contributed by atoms with Crippen molar-refractivity contribution in [1.82, 2.24) is 4.72 Å². The minimum atomic E-state index is -3.47. The van der Waals surface area contributed by atoms with E-state index in [1.807, 2.05) is 30.3 Å². The first-order valence-corrected chi connectivity index (χ1v) is 8.27. The summed E-state index contributed by atoms with van der Waals surface area (Å²) >= 11 is 0. The third kappa shape index (κ3) is 2.57. The molecule has 1 aliphatic carbocycles. The van der Waals surface area contributed by atoms with Crippen molar-refractivity contribution < 1.29 is 8.42 Å². The van der Waals surface area contributed by atoms with Crippen molar-refractivity contribution >= 4 is 20.8 Å². The highest BCUT2D eigenvalue weighted by Crippen LogP contribution is 2.26. The molecule has 0 heterocycles. The Kier molecular flexibility index (Phi) is 3.50. The van der Waals surface area contributed by atoms with E-state index in [-0.39, 0.29) is 6.04 Å². The second-order valence-corrected chi connectivity index (χ2v) is 7.16. The van der Waals surface area contributed by atoms with Gasteiger partial charge in [0.1, 0.15) is 0 Å². The van der Waals surface area contributed by atoms with Crippen LogP contribution in [0.1, 0.15) is 12.8 Å². The average Bonchev–Trinajstić information content (AvgIpc) is 2.42. The molecule has 5 heteroatoms. The zero-order chi connectivity index (χ0) is 14.2. The monoisotopic (exact) mass is 290 g/mol. The number of hydrogen-bond donors (Lipinski definition) is 2. The second-order valence-electron chi connectivity index (χ2n) is 5.43. The van der Waals surface area contributed by atoms with Gasteiger partial charge in [-0.1, -0.05) is 36.4 Å². The minimum absolute atomic E-state index is 0.238. The van der Waals surface area contributed by atoms with Crippen LogP contribution in [0.25, 0.3) is 10.8 Å². The Hall–Kier alpha value is -1.43. The predicted octanol–water partition coefficient (Wildman–Crippen LogP) is 1.86. The van der Waals surface area contributed by atoms with Crippen molar-refractivity contribution in [3.63, 3.8) is 0 Å². The highest BCUT2D eigenvalue weighted by atomic mass is 32.2. The first-order chi connectivity index (χ1) is 9.56. The van der Waals surface area contributed by atoms with Crippen LogP contribution < -0.4 is 10.5 Å². The van der Waals surface area contributed by atoms with Crippen LogP contribution >= 0.6 is 0 Å². The molecule has 20 heavy (non-hydrogen) atoms. The molecule has 0 bridgehead atoms. The maximum Gasteiger partial charge on any atom is 0.241 e. The fourth-order valence-electron chi connectivity index (χ4n) is 2.69. The standard InChI is InChI=1S/C15H18N2O2S/c16-13-8-11(9-13)10-17-20(18,19)15-7-3-5-12-4-1-2-6-14(12)15/h1-7,11,13,17H,8-10,16H2. The Labute approximate surface area is 119 Å². The van der Waals surface area contributed by atoms with E-state index >= 15 is 0 Å². The quantitative estimate of drug-likeness (QED) is 0.902. The van der Waals surface area contributed by atoms with Gasteiger partial charge in [0.25, 0.3) is 0 Å². The van der Waals surface area contributed by atoms with Gasteiger partial charge in [-0.15, -0.1) is 0 Å². The average molecular weight is 290 g/mol. The molecule has 1 aliphatic rings. The molecule has 0 amide bonds. The lowest BCUT2D eigenvalue weighted by molar-refractivity contribution is 0.267. The normalized spacial score (nSPS) is 22.6. The lowest BCUT2D eigenvalue weighted by Crippen LogP contribution is -2.42. The molecule has 4 nitrogen and oxygen atoms in total. The van der Waals surface area contributed by atoms with Gasteiger partial charge in [-0.25, -0.2) is 13.1 Å². The molecule has 0 atom stereocenters. The number of nitrogens with two attached hydrogens (primary N) is 1. The van der Waals surface area contributed by atoms with E-state index in [0.29, 0.717) is 17.4 Å². The second kappa shape index (κ2) is 5.16. The van der Waals surface area contributed by atoms with Crippen molar-refractivity contribution in [3.8, 4) is 0 Å². The van der Waals surface area contributed by atoms with Crippen molar-refractivity contribution in [1.29, 1.82) is 0 Å². The molecule has 3 rings (SSSR count). The number of rotatable bonds is 4. The van der Waals surface area contributed by atoms with Gasteiger partial charge < -0.3 is 5.73 Å². The molecule has 3 N–H and O–H groups in total. The lowest BCUT2D eigenvalue weighted by Gasteiger charge is -2.32. The molecule has 1 saturated carbocycles. The minimum Gasteiger partial charge on any atom is -0.328 e. The number of hydrogen-bond acceptors (Lipinski definition) is 3. The van der Waals surface area contributed by atoms with Crippen LogP contribution in [0.15, 0.2) is 47.4 Å². The van der Waals surface area contributed by atoms with Crippen LogP contribution in [0.3, 0.4) is 0 Å². The van der Waals surface area contributed by atoms with Gasteiger partial charge in [0.2, 0.25) is 10.0 Å². The smallest absolute Gasteiger partial charge is 0.241 e. The van der Waals surface area contributed by atoms with E-state index < -0.39 is 10.0 Å². The van der Waals surface area contributed by atoms with Crippen LogP contribution in [-0.2, 0) is 10.0 Å². The Morgan fingerprint density at radius 3 is 2.55 bits per heavy atom. The van der Waals surface area contributed by atoms with Gasteiger partial charge in [-0.05, 0) is 30.2 Å². The summed E-state index contributed by atoms with van der Waals surface area (Å²) in [6.45, 7) is 0.471. The summed E-state index contributed by atoms with van der Waals surface area (Å²) in [5.74, 6) is 0.370. The van der Waals surface area contributed by atoms with Crippen LogP contribution in [0.4, 0.5) is 0 Å². The highest BCUT2D eigenvalue weighted by molar-refractivity contribution is 7.89. The van der Waals surface area contributed by atoms with Crippen LogP contribution in [0.2, 0.25) is 0 Å². The van der Waals surface area contributed by atoms with Gasteiger partial charge in [0.05, 0.1) is 4.90 Å². The van der Waals surface area contributed by atoms with Crippen molar-refractivity contribution in [3.05, 3.63) is 42.5 Å². The Morgan fingerprint density at radius 1 is 1.10 bits per heavy atom. The largest absolute Gasteiger partial charge is 0.328 e. The number of sulfonamides is 1. The summed E-state index contributed by atoms with van der Waals surface area (Å²) < 4.78 is 27.6. The molecule has 0 unspecified atom stereocenters. The van der Waals surface area contributed by atoms with Crippen molar-refractivity contribution in [2.75, 3.05) is 6.54 Å². The van der Waals surface area contributed by atoms with E-state index in [1.54, 1.807) is 12.1 Å². The Morgan fingerprint density at radius 2 is 1.80 bits per heavy atom. The molecular weight excluding hydrogens is 272 g/mol. The van der Waals surface area contributed by atoms with E-state index in [0.717, 1.165) is 23.6 Å². The molecule has 2 aromatic carbocycles. The molecule has 0 aromatic heterocycles. The van der Waals surface area contributed by atoms with E-state index in [1.165, 1.54) is 0 Å². The van der Waals surface area contributed by atoms with Crippen molar-refractivity contribution in [2.24, 2.45) is 11.7 Å². The fourth-order valence-corrected chi connectivity index (χ4v) is 4.03. The molecule has 2 aromatic rings. The maximum atomic E-state index is 12.4. The highest BCUT2D eigenvalue weighted by Gasteiger charge is 2.27. The van der Waals surface area contributed by atoms with Crippen LogP contribution in [0, 0.1) is 5.92 Å². The summed E-state index contributed by atoms with van der Waals surface area (Å²) in [4.78, 5) is 0.347. The zero-order valence-electron chi connectivity index (χ0n) is 11.1. The summed E-state index contributed by atoms with van der Waals surface area (Å²) in [6.07, 6.45) is 1.80. The summed E-state index contributed by atoms with van der Waals surface area (Å²) in [5.41, 5.74) is 5.72. The summed E-state index contributed by atoms with van der Waals surface area (Å²) in [5, 5.41) is 1.69. The maximum absolute atomic E-state index is 12.4. The molecular formula is C15H18N2O2S. The first kappa shape index (κ1) is 13.5. The molecule has 0 radical (unpaired) electrons. The third-order valence-electron chi connectivity index (χ3n) is 3.87. The Bertz CT molecular complexity index is 716. The van der Waals surface area contributed by atoms with E-state index in [2.05, 4.69) is 4.72 Å². The SMILES string of the molecule is NC1CC(CNS(=O)(=O)c2cccc3ccccc23)C1. The topological polar surface area (TPSA) is 72.2 Å². The first-order valence-electron chi connectivity index (χ1n) is 6.79. The molecule has 0 spiro atoms. The number of fused-ring (bicyclic) bond motifs is 1. The Balaban J connectivity index is 1.85. The summed E-state index contributed by atoms with van der Waals surface area (Å²) in [7, 11) is -3.47. The van der Waals surface area contributed by atoms with Gasteiger partial charge in [0.15, 0.2) is 0 Å². The van der Waals surface area contributed by atoms with Gasteiger partial charge in [-0.3, -0.25) is 0 Å². The van der Waals surface area contributed by atoms with Gasteiger partial charge in [-0.2, -0.15) is 0 Å². The number of benzene rings is 2. The van der Waals surface area contributed by atoms with Gasteiger partial charge in [0, 0.05) is 18.0 Å². The fraction of sp³-hybridized carbons (Fsp3) is 0.333. The van der Waals surface area contributed by atoms with Gasteiger partial charge >= 0.3 is 0 Å². The predicted molar refractivity (Wildman–Crippen MR) is 79.8 cm³/mol.